The van der Waals surface area contributed by atoms with Gasteiger partial charge in [0.25, 0.3) is 0 Å². The van der Waals surface area contributed by atoms with E-state index in [-0.39, 0.29) is 25.8 Å². The van der Waals surface area contributed by atoms with Crippen LogP contribution in [0.2, 0.25) is 0 Å². The van der Waals surface area contributed by atoms with Crippen LogP contribution < -0.4 is 0 Å². The zero-order valence-electron chi connectivity index (χ0n) is 11.8. The number of aromatic nitrogens is 3. The fraction of sp³-hybridized carbons (Fsp3) is 0. The summed E-state index contributed by atoms with van der Waals surface area (Å²) in [5.41, 5.74) is 1.53. The number of pyridine rings is 1. The first-order chi connectivity index (χ1) is 10.7. The van der Waals surface area contributed by atoms with E-state index < -0.39 is 5.97 Å². The van der Waals surface area contributed by atoms with Crippen LogP contribution in [-0.4, -0.2) is 25.8 Å². The molecule has 0 saturated carbocycles. The van der Waals surface area contributed by atoms with Crippen molar-refractivity contribution < 1.29 is 30.0 Å². The summed E-state index contributed by atoms with van der Waals surface area (Å²) in [6, 6.07) is 16.8. The molecule has 23 heavy (non-hydrogen) atoms. The topological polar surface area (TPSA) is 91.8 Å². The van der Waals surface area contributed by atoms with E-state index in [0.29, 0.717) is 5.56 Å². The van der Waals surface area contributed by atoms with Gasteiger partial charge in [-0.2, -0.15) is 23.3 Å². The van der Waals surface area contributed by atoms with E-state index in [2.05, 4.69) is 16.1 Å². The number of hydrogen-bond acceptors (Lipinski definition) is 4. The van der Waals surface area contributed by atoms with Crippen molar-refractivity contribution in [1.82, 2.24) is 14.8 Å². The number of carboxylic acids is 1. The minimum absolute atomic E-state index is 0. The normalized spacial score (nSPS) is 8.83. The first-order valence-electron chi connectivity index (χ1n) is 6.27. The van der Waals surface area contributed by atoms with Crippen molar-refractivity contribution in [2.24, 2.45) is 0 Å². The fourth-order valence-electron chi connectivity index (χ4n) is 1.53. The van der Waals surface area contributed by atoms with Crippen LogP contribution >= 0.6 is 0 Å². The molecule has 0 amide bonds. The molecule has 0 atom stereocenters. The number of nitrogens with zero attached hydrogens (tertiary/aromatic N) is 4. The van der Waals surface area contributed by atoms with Crippen molar-refractivity contribution in [2.75, 3.05) is 0 Å². The molecule has 0 unspecified atom stereocenters. The van der Waals surface area contributed by atoms with Gasteiger partial charge in [-0.15, -0.1) is 6.07 Å². The second-order valence-electron chi connectivity index (χ2n) is 4.05. The van der Waals surface area contributed by atoms with Crippen LogP contribution in [0.25, 0.3) is 5.69 Å². The number of rotatable bonds is 2. The number of carbonyl (C=O) groups is 1. The van der Waals surface area contributed by atoms with Gasteiger partial charge in [0.15, 0.2) is 0 Å². The molecule has 3 aromatic rings. The predicted molar refractivity (Wildman–Crippen MR) is 78.3 cm³/mol. The molecule has 6 nitrogen and oxygen atoms in total. The Morgan fingerprint density at radius 3 is 2.48 bits per heavy atom. The van der Waals surface area contributed by atoms with E-state index in [1.165, 1.54) is 12.3 Å². The third-order valence-corrected chi connectivity index (χ3v) is 2.56. The first-order valence-corrected chi connectivity index (χ1v) is 6.27. The summed E-state index contributed by atoms with van der Waals surface area (Å²) in [7, 11) is 0. The van der Waals surface area contributed by atoms with E-state index in [1.54, 1.807) is 35.1 Å². The van der Waals surface area contributed by atoms with E-state index in [4.69, 9.17) is 10.4 Å². The Morgan fingerprint density at radius 2 is 2.04 bits per heavy atom. The summed E-state index contributed by atoms with van der Waals surface area (Å²) in [6.07, 6.45) is 4.98. The largest absolute Gasteiger partial charge is 0.477 e. The summed E-state index contributed by atoms with van der Waals surface area (Å²) in [6.45, 7) is 0. The molecule has 0 bridgehead atoms. The Bertz CT molecular complexity index is 766. The van der Waals surface area contributed by atoms with Gasteiger partial charge in [0.05, 0.1) is 0 Å². The van der Waals surface area contributed by atoms with Crippen LogP contribution in [0.1, 0.15) is 16.1 Å². The van der Waals surface area contributed by atoms with Gasteiger partial charge in [0.1, 0.15) is 5.69 Å². The second-order valence-corrected chi connectivity index (χ2v) is 4.05. The van der Waals surface area contributed by atoms with Crippen LogP contribution in [0.4, 0.5) is 0 Å². The Kier molecular flexibility index (Phi) is 7.34. The number of hydrogen-bond donors (Lipinski definition) is 1. The molecule has 0 saturated heterocycles. The smallest absolute Gasteiger partial charge is 0.354 e. The molecule has 7 heteroatoms. The first kappa shape index (κ1) is 18.2. The van der Waals surface area contributed by atoms with Crippen LogP contribution in [0.3, 0.4) is 0 Å². The van der Waals surface area contributed by atoms with E-state index >= 15 is 0 Å². The van der Waals surface area contributed by atoms with Crippen molar-refractivity contribution >= 4 is 5.97 Å². The van der Waals surface area contributed by atoms with Crippen LogP contribution in [0, 0.1) is 17.4 Å². The molecular formula is C16H11IrN4O2-. The van der Waals surface area contributed by atoms with Gasteiger partial charge in [-0.3, -0.25) is 4.68 Å². The molecule has 0 aliphatic carbocycles. The molecule has 3 rings (SSSR count). The number of nitriles is 1. The van der Waals surface area contributed by atoms with Gasteiger partial charge in [-0.1, -0.05) is 11.6 Å². The summed E-state index contributed by atoms with van der Waals surface area (Å²) in [5, 5.41) is 20.9. The molecular weight excluding hydrogens is 472 g/mol. The van der Waals surface area contributed by atoms with E-state index in [0.717, 1.165) is 5.69 Å². The second kappa shape index (κ2) is 9.26. The minimum Gasteiger partial charge on any atom is -0.477 e. The van der Waals surface area contributed by atoms with Crippen LogP contribution in [0.5, 0.6) is 0 Å². The van der Waals surface area contributed by atoms with Crippen molar-refractivity contribution in [1.29, 1.82) is 5.26 Å². The Morgan fingerprint density at radius 1 is 1.22 bits per heavy atom. The summed E-state index contributed by atoms with van der Waals surface area (Å²) in [5.74, 6) is -0.990. The van der Waals surface area contributed by atoms with E-state index in [1.807, 2.05) is 24.4 Å². The molecule has 0 fully saturated rings. The molecule has 2 heterocycles. The zero-order valence-corrected chi connectivity index (χ0v) is 14.1. The molecule has 1 aromatic carbocycles. The molecule has 0 aliphatic rings. The van der Waals surface area contributed by atoms with Crippen molar-refractivity contribution in [3.05, 3.63) is 78.4 Å². The Labute approximate surface area is 146 Å². The number of aromatic carboxylic acids is 1. The quantitative estimate of drug-likeness (QED) is 0.565. The SMILES string of the molecule is N#Cc1c[c-]c(-n2cccn2)cc1.O=C(O)c1ccccn1.[Ir]. The van der Waals surface area contributed by atoms with Crippen LogP contribution in [0.15, 0.2) is 61.1 Å². The number of carboxylic acid groups (broad SMARTS) is 1. The standard InChI is InChI=1S/C10H6N3.C6H5NO2.Ir/c11-8-9-2-4-10(5-3-9)13-7-1-6-12-13;8-6(9)5-3-1-2-4-7-5;/h1-4,6-7H;1-4H,(H,8,9);/q-1;;. The Hall–Kier alpha value is -2.81. The maximum atomic E-state index is 10.1. The van der Waals surface area contributed by atoms with Gasteiger partial charge >= 0.3 is 5.97 Å². The van der Waals surface area contributed by atoms with Crippen molar-refractivity contribution in [3.63, 3.8) is 0 Å². The average molecular weight is 484 g/mol. The molecule has 117 valence electrons. The average Bonchev–Trinajstić information content (AvgIpc) is 3.11. The van der Waals surface area contributed by atoms with Gasteiger partial charge in [-0.05, 0) is 23.9 Å². The molecule has 0 spiro atoms. The third kappa shape index (κ3) is 5.47. The zero-order chi connectivity index (χ0) is 15.8. The molecule has 0 aliphatic heterocycles. The van der Waals surface area contributed by atoms with Crippen molar-refractivity contribution in [3.8, 4) is 11.8 Å². The maximum absolute atomic E-state index is 10.1. The van der Waals surface area contributed by atoms with Crippen molar-refractivity contribution in [2.45, 2.75) is 0 Å². The monoisotopic (exact) mass is 484 g/mol. The van der Waals surface area contributed by atoms with Gasteiger partial charge in [-0.25, -0.2) is 15.0 Å². The summed E-state index contributed by atoms with van der Waals surface area (Å²) in [4.78, 5) is 13.7. The Balaban J connectivity index is 0.000000235. The van der Waals surface area contributed by atoms with Gasteiger partial charge in [0.2, 0.25) is 0 Å². The molecule has 2 aromatic heterocycles. The third-order valence-electron chi connectivity index (χ3n) is 2.56. The van der Waals surface area contributed by atoms with Crippen LogP contribution in [-0.2, 0) is 20.1 Å². The number of benzene rings is 1. The fourth-order valence-corrected chi connectivity index (χ4v) is 1.53. The maximum Gasteiger partial charge on any atom is 0.354 e. The minimum atomic E-state index is -0.990. The van der Waals surface area contributed by atoms with Gasteiger partial charge < -0.3 is 5.11 Å². The van der Waals surface area contributed by atoms with Gasteiger partial charge in [0, 0.05) is 44.8 Å². The molecule has 1 radical (unpaired) electrons. The molecule has 1 N–H and O–H groups in total. The van der Waals surface area contributed by atoms with E-state index in [9.17, 15) is 4.79 Å². The summed E-state index contributed by atoms with van der Waals surface area (Å²) < 4.78 is 1.70. The summed E-state index contributed by atoms with van der Waals surface area (Å²) >= 11 is 0. The predicted octanol–water partition coefficient (Wildman–Crippen LogP) is 2.32.